The highest BCUT2D eigenvalue weighted by atomic mass is 79.9. The van der Waals surface area contributed by atoms with Gasteiger partial charge in [0.25, 0.3) is 5.56 Å². The first-order valence-corrected chi connectivity index (χ1v) is 11.5. The standard InChI is InChI=1S/C24H20BrN3O2S/c1-15-6-5-9-20(16(15)2)26-22(29)14-31-24-27-21-8-4-3-7-19(21)23(30)28(24)18-12-10-17(25)11-13-18/h3-13H,14H2,1-2H3,(H,26,29). The number of nitrogens with zero attached hydrogens (tertiary/aromatic N) is 2. The minimum atomic E-state index is -0.162. The van der Waals surface area contributed by atoms with E-state index < -0.39 is 0 Å². The van der Waals surface area contributed by atoms with Crippen LogP contribution in [0, 0.1) is 13.8 Å². The topological polar surface area (TPSA) is 64.0 Å². The number of halogens is 1. The molecule has 0 radical (unpaired) electrons. The monoisotopic (exact) mass is 493 g/mol. The number of carbonyl (C=O) groups is 1. The number of nitrogens with one attached hydrogen (secondary N) is 1. The van der Waals surface area contributed by atoms with Crippen LogP contribution in [0.2, 0.25) is 0 Å². The van der Waals surface area contributed by atoms with Gasteiger partial charge in [0.1, 0.15) is 0 Å². The van der Waals surface area contributed by atoms with Gasteiger partial charge in [0.15, 0.2) is 5.16 Å². The number of hydrogen-bond donors (Lipinski definition) is 1. The van der Waals surface area contributed by atoms with Gasteiger partial charge in [0, 0.05) is 10.2 Å². The molecule has 0 fully saturated rings. The minimum Gasteiger partial charge on any atom is -0.325 e. The van der Waals surface area contributed by atoms with Crippen LogP contribution in [0.4, 0.5) is 5.69 Å². The third kappa shape index (κ3) is 4.57. The number of rotatable bonds is 5. The molecule has 5 nitrogen and oxygen atoms in total. The Balaban J connectivity index is 1.67. The Hall–Kier alpha value is -2.90. The van der Waals surface area contributed by atoms with E-state index in [1.54, 1.807) is 10.6 Å². The number of thioether (sulfide) groups is 1. The summed E-state index contributed by atoms with van der Waals surface area (Å²) in [7, 11) is 0. The summed E-state index contributed by atoms with van der Waals surface area (Å²) in [4.78, 5) is 30.6. The lowest BCUT2D eigenvalue weighted by molar-refractivity contribution is -0.113. The number of carbonyl (C=O) groups excluding carboxylic acids is 1. The van der Waals surface area contributed by atoms with Crippen molar-refractivity contribution in [1.82, 2.24) is 9.55 Å². The molecule has 0 aliphatic rings. The maximum absolute atomic E-state index is 13.2. The molecule has 0 saturated heterocycles. The minimum absolute atomic E-state index is 0.134. The van der Waals surface area contributed by atoms with Gasteiger partial charge in [0.2, 0.25) is 5.91 Å². The molecule has 0 spiro atoms. The van der Waals surface area contributed by atoms with E-state index in [4.69, 9.17) is 0 Å². The molecular formula is C24H20BrN3O2S. The fourth-order valence-corrected chi connectivity index (χ4v) is 4.31. The van der Waals surface area contributed by atoms with Gasteiger partial charge >= 0.3 is 0 Å². The zero-order valence-corrected chi connectivity index (χ0v) is 19.5. The Morgan fingerprint density at radius 1 is 1.03 bits per heavy atom. The van der Waals surface area contributed by atoms with Gasteiger partial charge in [-0.1, -0.05) is 52.0 Å². The van der Waals surface area contributed by atoms with Crippen molar-refractivity contribution in [2.75, 3.05) is 11.1 Å². The van der Waals surface area contributed by atoms with Crippen LogP contribution in [-0.2, 0) is 4.79 Å². The van der Waals surface area contributed by atoms with Crippen molar-refractivity contribution in [2.24, 2.45) is 0 Å². The third-order valence-corrected chi connectivity index (χ3v) is 6.51. The maximum atomic E-state index is 13.2. The molecule has 0 atom stereocenters. The van der Waals surface area contributed by atoms with Gasteiger partial charge in [-0.15, -0.1) is 0 Å². The Morgan fingerprint density at radius 2 is 1.77 bits per heavy atom. The van der Waals surface area contributed by atoms with Gasteiger partial charge in [-0.05, 0) is 67.4 Å². The molecule has 0 unspecified atom stereocenters. The lowest BCUT2D eigenvalue weighted by Gasteiger charge is -2.14. The van der Waals surface area contributed by atoms with E-state index in [-0.39, 0.29) is 17.2 Å². The SMILES string of the molecule is Cc1cccc(NC(=O)CSc2nc3ccccc3c(=O)n2-c2ccc(Br)cc2)c1C. The molecule has 4 rings (SSSR count). The van der Waals surface area contributed by atoms with E-state index in [9.17, 15) is 9.59 Å². The number of aromatic nitrogens is 2. The van der Waals surface area contributed by atoms with Crippen molar-refractivity contribution in [1.29, 1.82) is 0 Å². The molecule has 1 aromatic heterocycles. The van der Waals surface area contributed by atoms with Crippen molar-refractivity contribution < 1.29 is 4.79 Å². The van der Waals surface area contributed by atoms with Gasteiger partial charge in [0.05, 0.1) is 22.3 Å². The molecule has 3 aromatic carbocycles. The molecule has 4 aromatic rings. The summed E-state index contributed by atoms with van der Waals surface area (Å²) in [5, 5.41) is 3.97. The van der Waals surface area contributed by atoms with Crippen LogP contribution < -0.4 is 10.9 Å². The first-order chi connectivity index (χ1) is 14.9. The first-order valence-electron chi connectivity index (χ1n) is 9.70. The van der Waals surface area contributed by atoms with E-state index >= 15 is 0 Å². The normalized spacial score (nSPS) is 10.9. The van der Waals surface area contributed by atoms with Crippen LogP contribution in [0.3, 0.4) is 0 Å². The number of anilines is 1. The second-order valence-corrected chi connectivity index (χ2v) is 8.97. The Kier molecular flexibility index (Phi) is 6.25. The van der Waals surface area contributed by atoms with E-state index in [1.165, 1.54) is 11.8 Å². The molecule has 31 heavy (non-hydrogen) atoms. The third-order valence-electron chi connectivity index (χ3n) is 5.04. The highest BCUT2D eigenvalue weighted by Gasteiger charge is 2.15. The van der Waals surface area contributed by atoms with Gasteiger partial charge < -0.3 is 5.32 Å². The summed E-state index contributed by atoms with van der Waals surface area (Å²) in [6.45, 7) is 3.99. The lowest BCUT2D eigenvalue weighted by atomic mass is 10.1. The molecule has 0 saturated carbocycles. The summed E-state index contributed by atoms with van der Waals surface area (Å²) in [5.41, 5.74) is 4.09. The van der Waals surface area contributed by atoms with Gasteiger partial charge in [-0.2, -0.15) is 0 Å². The molecule has 1 N–H and O–H groups in total. The molecule has 156 valence electrons. The summed E-state index contributed by atoms with van der Waals surface area (Å²) >= 11 is 4.67. The first kappa shape index (κ1) is 21.3. The molecule has 1 amide bonds. The van der Waals surface area contributed by atoms with Crippen LogP contribution in [0.1, 0.15) is 11.1 Å². The van der Waals surface area contributed by atoms with Crippen molar-refractivity contribution in [3.63, 3.8) is 0 Å². The van der Waals surface area contributed by atoms with Crippen molar-refractivity contribution in [3.05, 3.63) is 92.7 Å². The highest BCUT2D eigenvalue weighted by molar-refractivity contribution is 9.10. The number of amides is 1. The van der Waals surface area contributed by atoms with Gasteiger partial charge in [-0.3, -0.25) is 14.2 Å². The summed E-state index contributed by atoms with van der Waals surface area (Å²) < 4.78 is 2.48. The average molecular weight is 494 g/mol. The maximum Gasteiger partial charge on any atom is 0.266 e. The van der Waals surface area contributed by atoms with Crippen LogP contribution in [0.5, 0.6) is 0 Å². The number of benzene rings is 3. The van der Waals surface area contributed by atoms with E-state index in [2.05, 4.69) is 26.2 Å². The summed E-state index contributed by atoms with van der Waals surface area (Å²) in [6, 6.07) is 20.5. The number of para-hydroxylation sites is 1. The molecular weight excluding hydrogens is 474 g/mol. The zero-order chi connectivity index (χ0) is 22.0. The zero-order valence-electron chi connectivity index (χ0n) is 17.1. The highest BCUT2D eigenvalue weighted by Crippen LogP contribution is 2.23. The fraction of sp³-hybridized carbons (Fsp3) is 0.125. The van der Waals surface area contributed by atoms with Crippen LogP contribution in [0.25, 0.3) is 16.6 Å². The Labute approximate surface area is 192 Å². The quantitative estimate of drug-likeness (QED) is 0.294. The largest absolute Gasteiger partial charge is 0.325 e. The molecule has 0 aliphatic carbocycles. The average Bonchev–Trinajstić information content (AvgIpc) is 2.76. The number of fused-ring (bicyclic) bond motifs is 1. The fourth-order valence-electron chi connectivity index (χ4n) is 3.23. The van der Waals surface area contributed by atoms with E-state index in [1.807, 2.05) is 74.5 Å². The van der Waals surface area contributed by atoms with E-state index in [0.29, 0.717) is 21.7 Å². The van der Waals surface area contributed by atoms with Crippen LogP contribution in [0.15, 0.2) is 81.2 Å². The second kappa shape index (κ2) is 9.08. The molecule has 0 aliphatic heterocycles. The lowest BCUT2D eigenvalue weighted by Crippen LogP contribution is -2.23. The van der Waals surface area contributed by atoms with E-state index in [0.717, 1.165) is 21.3 Å². The van der Waals surface area contributed by atoms with Gasteiger partial charge in [-0.25, -0.2) is 4.98 Å². The summed E-state index contributed by atoms with van der Waals surface area (Å²) in [5.74, 6) is -0.0159. The van der Waals surface area contributed by atoms with Crippen LogP contribution >= 0.6 is 27.7 Å². The summed E-state index contributed by atoms with van der Waals surface area (Å²) in [6.07, 6.45) is 0. The van der Waals surface area contributed by atoms with Crippen molar-refractivity contribution >= 4 is 50.2 Å². The molecule has 0 bridgehead atoms. The smallest absolute Gasteiger partial charge is 0.266 e. The van der Waals surface area contributed by atoms with Crippen molar-refractivity contribution in [3.8, 4) is 5.69 Å². The number of aryl methyl sites for hydroxylation is 1. The Bertz CT molecular complexity index is 1330. The van der Waals surface area contributed by atoms with Crippen molar-refractivity contribution in [2.45, 2.75) is 19.0 Å². The number of hydrogen-bond acceptors (Lipinski definition) is 4. The predicted octanol–water partition coefficient (Wildman–Crippen LogP) is 5.50. The van der Waals surface area contributed by atoms with Crippen LogP contribution in [-0.4, -0.2) is 21.2 Å². The molecule has 7 heteroatoms. The Morgan fingerprint density at radius 3 is 2.55 bits per heavy atom. The molecule has 1 heterocycles. The second-order valence-electron chi connectivity index (χ2n) is 7.11. The predicted molar refractivity (Wildman–Crippen MR) is 130 cm³/mol.